The second-order valence-electron chi connectivity index (χ2n) is 6.14. The molecule has 0 unspecified atom stereocenters. The molecule has 0 aliphatic rings. The van der Waals surface area contributed by atoms with Gasteiger partial charge in [-0.05, 0) is 36.6 Å². The molecule has 0 spiro atoms. The third kappa shape index (κ3) is 4.07. The van der Waals surface area contributed by atoms with Crippen LogP contribution in [0.4, 0.5) is 0 Å². The van der Waals surface area contributed by atoms with E-state index in [9.17, 15) is 9.59 Å². The lowest BCUT2D eigenvalue weighted by Gasteiger charge is -2.04. The van der Waals surface area contributed by atoms with Gasteiger partial charge in [0.15, 0.2) is 0 Å². The van der Waals surface area contributed by atoms with Crippen molar-refractivity contribution in [1.82, 2.24) is 9.13 Å². The molecule has 3 aromatic rings. The van der Waals surface area contributed by atoms with E-state index in [0.717, 1.165) is 11.1 Å². The number of aryl methyl sites for hydroxylation is 3. The van der Waals surface area contributed by atoms with Gasteiger partial charge in [0, 0.05) is 18.9 Å². The predicted molar refractivity (Wildman–Crippen MR) is 96.1 cm³/mol. The number of rotatable bonds is 6. The topological polar surface area (TPSA) is 64.2 Å². The van der Waals surface area contributed by atoms with Crippen LogP contribution in [0.1, 0.15) is 27.0 Å². The molecule has 1 aromatic heterocycles. The van der Waals surface area contributed by atoms with Crippen molar-refractivity contribution in [1.29, 1.82) is 0 Å². The highest BCUT2D eigenvalue weighted by Crippen LogP contribution is 2.07. The maximum atomic E-state index is 12.5. The highest BCUT2D eigenvalue weighted by molar-refractivity contribution is 5.87. The Kier molecular flexibility index (Phi) is 4.84. The summed E-state index contributed by atoms with van der Waals surface area (Å²) in [5.41, 5.74) is 3.52. The van der Waals surface area contributed by atoms with Crippen molar-refractivity contribution >= 4 is 5.97 Å². The van der Waals surface area contributed by atoms with Gasteiger partial charge in [0.05, 0.1) is 12.1 Å². The van der Waals surface area contributed by atoms with Gasteiger partial charge in [0.1, 0.15) is 0 Å². The van der Waals surface area contributed by atoms with Crippen molar-refractivity contribution in [2.45, 2.75) is 26.4 Å². The lowest BCUT2D eigenvalue weighted by Crippen LogP contribution is -2.25. The van der Waals surface area contributed by atoms with Crippen molar-refractivity contribution in [3.63, 3.8) is 0 Å². The largest absolute Gasteiger partial charge is 0.478 e. The molecule has 0 bridgehead atoms. The number of nitrogens with zero attached hydrogens (tertiary/aromatic N) is 2. The Labute approximate surface area is 145 Å². The van der Waals surface area contributed by atoms with Gasteiger partial charge in [-0.1, -0.05) is 42.0 Å². The fourth-order valence-corrected chi connectivity index (χ4v) is 2.70. The second kappa shape index (κ2) is 7.21. The van der Waals surface area contributed by atoms with E-state index in [4.69, 9.17) is 5.11 Å². The normalized spacial score (nSPS) is 10.8. The number of hydrogen-bond donors (Lipinski definition) is 1. The predicted octanol–water partition coefficient (Wildman–Crippen LogP) is 2.95. The molecule has 128 valence electrons. The Morgan fingerprint density at radius 2 is 1.52 bits per heavy atom. The quantitative estimate of drug-likeness (QED) is 0.753. The molecule has 5 heteroatoms. The van der Waals surface area contributed by atoms with Crippen LogP contribution in [-0.4, -0.2) is 20.2 Å². The maximum absolute atomic E-state index is 12.5. The molecule has 0 aliphatic heterocycles. The van der Waals surface area contributed by atoms with E-state index in [1.807, 2.05) is 31.2 Å². The van der Waals surface area contributed by atoms with E-state index in [2.05, 4.69) is 0 Å². The number of hydrogen-bond acceptors (Lipinski definition) is 2. The van der Waals surface area contributed by atoms with Crippen LogP contribution in [0, 0.1) is 6.92 Å². The third-order valence-corrected chi connectivity index (χ3v) is 4.23. The third-order valence-electron chi connectivity index (χ3n) is 4.23. The minimum atomic E-state index is -0.934. The number of carboxylic acids is 1. The minimum Gasteiger partial charge on any atom is -0.478 e. The minimum absolute atomic E-state index is 0.0391. The van der Waals surface area contributed by atoms with Crippen molar-refractivity contribution in [2.75, 3.05) is 0 Å². The van der Waals surface area contributed by atoms with E-state index in [1.165, 1.54) is 5.56 Å². The van der Waals surface area contributed by atoms with Gasteiger partial charge in [-0.2, -0.15) is 0 Å². The molecular weight excluding hydrogens is 316 g/mol. The Morgan fingerprint density at radius 3 is 2.16 bits per heavy atom. The summed E-state index contributed by atoms with van der Waals surface area (Å²) in [7, 11) is 0. The molecule has 1 N–H and O–H groups in total. The molecule has 5 nitrogen and oxygen atoms in total. The van der Waals surface area contributed by atoms with Crippen molar-refractivity contribution in [3.05, 3.63) is 93.7 Å². The fraction of sp³-hybridized carbons (Fsp3) is 0.200. The Balaban J connectivity index is 1.66. The van der Waals surface area contributed by atoms with Crippen LogP contribution in [0.3, 0.4) is 0 Å². The molecule has 0 amide bonds. The molecular formula is C20H20N2O3. The van der Waals surface area contributed by atoms with Crippen molar-refractivity contribution in [2.24, 2.45) is 0 Å². The molecule has 25 heavy (non-hydrogen) atoms. The van der Waals surface area contributed by atoms with Crippen LogP contribution in [0.25, 0.3) is 0 Å². The highest BCUT2D eigenvalue weighted by atomic mass is 16.4. The summed E-state index contributed by atoms with van der Waals surface area (Å²) < 4.78 is 3.37. The summed E-state index contributed by atoms with van der Waals surface area (Å²) in [6.07, 6.45) is 4.27. The first-order chi connectivity index (χ1) is 12.0. The maximum Gasteiger partial charge on any atom is 0.335 e. The summed E-state index contributed by atoms with van der Waals surface area (Å²) >= 11 is 0. The van der Waals surface area contributed by atoms with E-state index in [0.29, 0.717) is 19.5 Å². The molecule has 0 atom stereocenters. The highest BCUT2D eigenvalue weighted by Gasteiger charge is 2.06. The van der Waals surface area contributed by atoms with Crippen LogP contribution >= 0.6 is 0 Å². The van der Waals surface area contributed by atoms with Gasteiger partial charge in [0.25, 0.3) is 0 Å². The molecule has 0 fully saturated rings. The van der Waals surface area contributed by atoms with Crippen molar-refractivity contribution < 1.29 is 9.90 Å². The molecule has 0 radical (unpaired) electrons. The summed E-state index contributed by atoms with van der Waals surface area (Å²) in [5, 5.41) is 8.91. The van der Waals surface area contributed by atoms with Gasteiger partial charge in [-0.25, -0.2) is 9.59 Å². The number of carboxylic acid groups (broad SMARTS) is 1. The van der Waals surface area contributed by atoms with Gasteiger partial charge < -0.3 is 5.11 Å². The van der Waals surface area contributed by atoms with Gasteiger partial charge >= 0.3 is 11.7 Å². The number of imidazole rings is 1. The van der Waals surface area contributed by atoms with Crippen molar-refractivity contribution in [3.8, 4) is 0 Å². The van der Waals surface area contributed by atoms with E-state index in [1.54, 1.807) is 45.8 Å². The summed E-state index contributed by atoms with van der Waals surface area (Å²) in [6.45, 7) is 3.15. The molecule has 0 saturated carbocycles. The molecule has 2 aromatic carbocycles. The first-order valence-electron chi connectivity index (χ1n) is 8.16. The van der Waals surface area contributed by atoms with Gasteiger partial charge in [0.2, 0.25) is 0 Å². The number of aromatic carboxylic acids is 1. The number of benzene rings is 2. The van der Waals surface area contributed by atoms with Gasteiger partial charge in [-0.3, -0.25) is 9.13 Å². The summed E-state index contributed by atoms with van der Waals surface area (Å²) in [6, 6.07) is 14.9. The molecule has 0 saturated heterocycles. The summed E-state index contributed by atoms with van der Waals surface area (Å²) in [4.78, 5) is 23.3. The zero-order valence-corrected chi connectivity index (χ0v) is 14.1. The zero-order valence-electron chi connectivity index (χ0n) is 14.1. The fourth-order valence-electron chi connectivity index (χ4n) is 2.70. The molecule has 1 heterocycles. The monoisotopic (exact) mass is 336 g/mol. The Hall–Kier alpha value is -3.08. The smallest absolute Gasteiger partial charge is 0.335 e. The second-order valence-corrected chi connectivity index (χ2v) is 6.14. The Bertz CT molecular complexity index is 919. The SMILES string of the molecule is Cc1ccc(Cn2ccn(CCc3ccc(C(=O)O)cc3)c2=O)cc1. The zero-order chi connectivity index (χ0) is 17.8. The van der Waals surface area contributed by atoms with Gasteiger partial charge in [-0.15, -0.1) is 0 Å². The van der Waals surface area contributed by atoms with Crippen LogP contribution in [0.15, 0.2) is 65.7 Å². The van der Waals surface area contributed by atoms with Crippen LogP contribution in [0.2, 0.25) is 0 Å². The average Bonchev–Trinajstić information content (AvgIpc) is 2.95. The standard InChI is InChI=1S/C20H20N2O3/c1-15-2-4-17(5-3-15)14-22-13-12-21(20(22)25)11-10-16-6-8-18(9-7-16)19(23)24/h2-9,12-13H,10-11,14H2,1H3,(H,23,24). The lowest BCUT2D eigenvalue weighted by atomic mass is 10.1. The first kappa shape index (κ1) is 16.8. The first-order valence-corrected chi connectivity index (χ1v) is 8.16. The lowest BCUT2D eigenvalue weighted by molar-refractivity contribution is 0.0697. The molecule has 3 rings (SSSR count). The van der Waals surface area contributed by atoms with Crippen LogP contribution < -0.4 is 5.69 Å². The number of carbonyl (C=O) groups is 1. The van der Waals surface area contributed by atoms with E-state index >= 15 is 0 Å². The average molecular weight is 336 g/mol. The molecule has 0 aliphatic carbocycles. The number of aromatic nitrogens is 2. The van der Waals surface area contributed by atoms with Crippen LogP contribution in [0.5, 0.6) is 0 Å². The van der Waals surface area contributed by atoms with Crippen LogP contribution in [-0.2, 0) is 19.5 Å². The summed E-state index contributed by atoms with van der Waals surface area (Å²) in [5.74, 6) is -0.934. The van der Waals surface area contributed by atoms with E-state index < -0.39 is 5.97 Å². The Morgan fingerprint density at radius 1 is 0.920 bits per heavy atom. The van der Waals surface area contributed by atoms with E-state index in [-0.39, 0.29) is 11.3 Å².